The molecule has 172 valence electrons. The van der Waals surface area contributed by atoms with Crippen LogP contribution in [0.25, 0.3) is 5.76 Å². The van der Waals surface area contributed by atoms with Crippen LogP contribution in [0, 0.1) is 6.92 Å². The number of aliphatic hydroxyl groups is 1. The molecule has 3 aromatic rings. The summed E-state index contributed by atoms with van der Waals surface area (Å²) in [6.07, 6.45) is 2.80. The van der Waals surface area contributed by atoms with Crippen LogP contribution in [0.15, 0.2) is 78.6 Å². The summed E-state index contributed by atoms with van der Waals surface area (Å²) in [4.78, 5) is 44.2. The molecular weight excluding hydrogens is 432 g/mol. The third-order valence-electron chi connectivity index (χ3n) is 5.49. The number of nitrogens with zero attached hydrogens (tertiary/aromatic N) is 2. The van der Waals surface area contributed by atoms with E-state index in [1.54, 1.807) is 68.7 Å². The van der Waals surface area contributed by atoms with Crippen LogP contribution in [0.5, 0.6) is 0 Å². The first-order valence-corrected chi connectivity index (χ1v) is 10.9. The Labute approximate surface area is 197 Å². The molecule has 1 atom stereocenters. The molecule has 1 aliphatic rings. The van der Waals surface area contributed by atoms with E-state index in [2.05, 4.69) is 4.98 Å². The van der Waals surface area contributed by atoms with Gasteiger partial charge in [0.25, 0.3) is 11.7 Å². The molecule has 1 aromatic heterocycles. The lowest BCUT2D eigenvalue weighted by molar-refractivity contribution is -0.132. The predicted octanol–water partition coefficient (Wildman–Crippen LogP) is 4.58. The molecule has 0 radical (unpaired) electrons. The number of Topliss-reactive ketones (excluding diaryl/α,β-unsaturated/α-hetero) is 1. The van der Waals surface area contributed by atoms with Gasteiger partial charge in [0.2, 0.25) is 0 Å². The van der Waals surface area contributed by atoms with E-state index in [9.17, 15) is 19.5 Å². The molecular formula is C27H24N2O5. The van der Waals surface area contributed by atoms with E-state index in [-0.39, 0.29) is 23.0 Å². The Morgan fingerprint density at radius 1 is 1.00 bits per heavy atom. The molecule has 2 aromatic carbocycles. The van der Waals surface area contributed by atoms with E-state index in [0.717, 1.165) is 5.56 Å². The number of carbonyl (C=O) groups excluding carboxylic acids is 3. The number of hydrogen-bond acceptors (Lipinski definition) is 6. The van der Waals surface area contributed by atoms with Crippen molar-refractivity contribution in [3.63, 3.8) is 0 Å². The molecule has 4 rings (SSSR count). The lowest BCUT2D eigenvalue weighted by Gasteiger charge is -2.25. The van der Waals surface area contributed by atoms with Gasteiger partial charge >= 0.3 is 5.97 Å². The second-order valence-corrected chi connectivity index (χ2v) is 8.32. The minimum atomic E-state index is -0.902. The number of ether oxygens (including phenoxy) is 1. The van der Waals surface area contributed by atoms with Crippen LogP contribution in [-0.2, 0) is 14.3 Å². The van der Waals surface area contributed by atoms with Crippen molar-refractivity contribution in [1.82, 2.24) is 4.98 Å². The highest BCUT2D eigenvalue weighted by Gasteiger charge is 2.47. The molecule has 1 fully saturated rings. The van der Waals surface area contributed by atoms with Crippen molar-refractivity contribution in [2.75, 3.05) is 4.90 Å². The number of hydrogen-bond donors (Lipinski definition) is 1. The summed E-state index contributed by atoms with van der Waals surface area (Å²) in [6.45, 7) is 5.40. The Kier molecular flexibility index (Phi) is 6.27. The van der Waals surface area contributed by atoms with Crippen LogP contribution in [0.2, 0.25) is 0 Å². The molecule has 1 N–H and O–H groups in total. The predicted molar refractivity (Wildman–Crippen MR) is 127 cm³/mol. The molecule has 1 amide bonds. The largest absolute Gasteiger partial charge is 0.507 e. The molecule has 2 heterocycles. The highest BCUT2D eigenvalue weighted by atomic mass is 16.5. The molecule has 0 saturated carbocycles. The number of rotatable bonds is 5. The lowest BCUT2D eigenvalue weighted by atomic mass is 9.95. The van der Waals surface area contributed by atoms with Crippen molar-refractivity contribution < 1.29 is 24.2 Å². The maximum atomic E-state index is 13.2. The summed E-state index contributed by atoms with van der Waals surface area (Å²) >= 11 is 0. The SMILES string of the molecule is Cc1ccc(/C(O)=C2\C(=O)C(=O)N(c3cccc(C(=O)OC(C)C)c3)C2c2ccncc2)cc1. The number of benzene rings is 2. The number of carbonyl (C=O) groups is 3. The molecule has 1 saturated heterocycles. The molecule has 1 unspecified atom stereocenters. The van der Waals surface area contributed by atoms with E-state index in [4.69, 9.17) is 4.74 Å². The molecule has 34 heavy (non-hydrogen) atoms. The lowest BCUT2D eigenvalue weighted by Crippen LogP contribution is -2.29. The Hall–Kier alpha value is -4.26. The van der Waals surface area contributed by atoms with Gasteiger partial charge in [-0.1, -0.05) is 35.9 Å². The maximum Gasteiger partial charge on any atom is 0.338 e. The molecule has 7 nitrogen and oxygen atoms in total. The van der Waals surface area contributed by atoms with Gasteiger partial charge in [0.1, 0.15) is 5.76 Å². The summed E-state index contributed by atoms with van der Waals surface area (Å²) in [7, 11) is 0. The van der Waals surface area contributed by atoms with Crippen LogP contribution >= 0.6 is 0 Å². The van der Waals surface area contributed by atoms with Crippen molar-refractivity contribution in [3.05, 3.63) is 101 Å². The van der Waals surface area contributed by atoms with Gasteiger partial charge in [0, 0.05) is 23.6 Å². The fourth-order valence-electron chi connectivity index (χ4n) is 3.89. The fraction of sp³-hybridized carbons (Fsp3) is 0.185. The third-order valence-corrected chi connectivity index (χ3v) is 5.49. The van der Waals surface area contributed by atoms with Gasteiger partial charge in [-0.05, 0) is 56.7 Å². The first-order valence-electron chi connectivity index (χ1n) is 10.9. The summed E-state index contributed by atoms with van der Waals surface area (Å²) < 4.78 is 5.27. The summed E-state index contributed by atoms with van der Waals surface area (Å²) in [6, 6.07) is 15.8. The minimum Gasteiger partial charge on any atom is -0.507 e. The van der Waals surface area contributed by atoms with Crippen LogP contribution in [0.1, 0.15) is 46.9 Å². The van der Waals surface area contributed by atoms with Crippen molar-refractivity contribution >= 4 is 29.1 Å². The number of aliphatic hydroxyl groups excluding tert-OH is 1. The number of aromatic nitrogens is 1. The van der Waals surface area contributed by atoms with Gasteiger partial charge in [0.15, 0.2) is 0 Å². The Balaban J connectivity index is 1.87. The van der Waals surface area contributed by atoms with Gasteiger partial charge < -0.3 is 9.84 Å². The zero-order valence-electron chi connectivity index (χ0n) is 19.1. The zero-order valence-corrected chi connectivity index (χ0v) is 19.1. The molecule has 0 bridgehead atoms. The molecule has 1 aliphatic heterocycles. The average molecular weight is 456 g/mol. The van der Waals surface area contributed by atoms with Crippen molar-refractivity contribution in [2.45, 2.75) is 32.9 Å². The van der Waals surface area contributed by atoms with Crippen LogP contribution in [0.4, 0.5) is 5.69 Å². The van der Waals surface area contributed by atoms with Crippen molar-refractivity contribution in [3.8, 4) is 0 Å². The number of ketones is 1. The summed E-state index contributed by atoms with van der Waals surface area (Å²) in [5.74, 6) is -2.41. The van der Waals surface area contributed by atoms with Crippen LogP contribution in [-0.4, -0.2) is 33.9 Å². The van der Waals surface area contributed by atoms with Gasteiger partial charge in [0.05, 0.1) is 23.3 Å². The normalized spacial score (nSPS) is 17.3. The van der Waals surface area contributed by atoms with E-state index >= 15 is 0 Å². The minimum absolute atomic E-state index is 0.0322. The molecule has 0 aliphatic carbocycles. The Morgan fingerprint density at radius 3 is 2.32 bits per heavy atom. The first-order chi connectivity index (χ1) is 16.3. The Bertz CT molecular complexity index is 1280. The van der Waals surface area contributed by atoms with Crippen LogP contribution < -0.4 is 4.90 Å². The number of amides is 1. The highest BCUT2D eigenvalue weighted by molar-refractivity contribution is 6.51. The zero-order chi connectivity index (χ0) is 24.4. The molecule has 7 heteroatoms. The smallest absolute Gasteiger partial charge is 0.338 e. The van der Waals surface area contributed by atoms with E-state index in [0.29, 0.717) is 16.8 Å². The van der Waals surface area contributed by atoms with Crippen molar-refractivity contribution in [1.29, 1.82) is 0 Å². The summed E-state index contributed by atoms with van der Waals surface area (Å²) in [5.41, 5.74) is 2.57. The number of anilines is 1. The number of esters is 1. The average Bonchev–Trinajstić information content (AvgIpc) is 3.10. The molecule has 0 spiro atoms. The topological polar surface area (TPSA) is 96.8 Å². The summed E-state index contributed by atoms with van der Waals surface area (Å²) in [5, 5.41) is 11.1. The monoisotopic (exact) mass is 456 g/mol. The maximum absolute atomic E-state index is 13.2. The van der Waals surface area contributed by atoms with E-state index in [1.165, 1.54) is 11.0 Å². The highest BCUT2D eigenvalue weighted by Crippen LogP contribution is 2.42. The van der Waals surface area contributed by atoms with E-state index < -0.39 is 23.7 Å². The van der Waals surface area contributed by atoms with Gasteiger partial charge in [-0.2, -0.15) is 0 Å². The van der Waals surface area contributed by atoms with Gasteiger partial charge in [-0.25, -0.2) is 4.79 Å². The second-order valence-electron chi connectivity index (χ2n) is 8.32. The van der Waals surface area contributed by atoms with Gasteiger partial charge in [-0.15, -0.1) is 0 Å². The first kappa shape index (κ1) is 22.9. The second kappa shape index (κ2) is 9.31. The standard InChI is InChI=1S/C27H24N2O5/c1-16(2)34-27(33)20-5-4-6-21(15-20)29-23(18-11-13-28-14-12-18)22(25(31)26(29)32)24(30)19-9-7-17(3)8-10-19/h4-16,23,30H,1-3H3/b24-22+. The van der Waals surface area contributed by atoms with E-state index in [1.807, 2.05) is 19.1 Å². The van der Waals surface area contributed by atoms with Crippen molar-refractivity contribution in [2.24, 2.45) is 0 Å². The Morgan fingerprint density at radius 2 is 1.68 bits per heavy atom. The van der Waals surface area contributed by atoms with Gasteiger partial charge in [-0.3, -0.25) is 19.5 Å². The quantitative estimate of drug-likeness (QED) is 0.261. The van der Waals surface area contributed by atoms with Crippen LogP contribution in [0.3, 0.4) is 0 Å². The number of pyridine rings is 1. The third kappa shape index (κ3) is 4.32. The fourth-order valence-corrected chi connectivity index (χ4v) is 3.89. The number of aryl methyl sites for hydroxylation is 1.